The number of hydrogen-bond donors (Lipinski definition) is 1. The molecule has 1 atom stereocenters. The third kappa shape index (κ3) is 3.77. The van der Waals surface area contributed by atoms with E-state index in [-0.39, 0.29) is 0 Å². The third-order valence-corrected chi connectivity index (χ3v) is 2.95. The first-order valence-corrected chi connectivity index (χ1v) is 6.06. The van der Waals surface area contributed by atoms with E-state index in [1.807, 2.05) is 7.05 Å². The van der Waals surface area contributed by atoms with Crippen molar-refractivity contribution in [2.24, 2.45) is 16.8 Å². The van der Waals surface area contributed by atoms with Crippen molar-refractivity contribution in [1.29, 1.82) is 0 Å². The topological polar surface area (TPSA) is 27.6 Å². The van der Waals surface area contributed by atoms with Gasteiger partial charge in [0.05, 0.1) is 6.54 Å². The molecule has 90 valence electrons. The van der Waals surface area contributed by atoms with Crippen molar-refractivity contribution >= 4 is 5.96 Å². The molecule has 1 rings (SSSR count). The smallest absolute Gasteiger partial charge is 0.194 e. The lowest BCUT2D eigenvalue weighted by molar-refractivity contribution is 0.404. The molecule has 1 aliphatic heterocycles. The summed E-state index contributed by atoms with van der Waals surface area (Å²) >= 11 is 0. The second kappa shape index (κ2) is 6.42. The maximum absolute atomic E-state index is 5.24. The number of guanidine groups is 1. The van der Waals surface area contributed by atoms with Gasteiger partial charge in [-0.3, -0.25) is 4.99 Å². The normalized spacial score (nSPS) is 21.3. The molecule has 0 saturated carbocycles. The predicted octanol–water partition coefficient (Wildman–Crippen LogP) is 1.56. The molecule has 0 amide bonds. The fraction of sp³-hybridized carbons (Fsp3) is 0.769. The van der Waals surface area contributed by atoms with Gasteiger partial charge < -0.3 is 10.2 Å². The Morgan fingerprint density at radius 3 is 2.94 bits per heavy atom. The van der Waals surface area contributed by atoms with Gasteiger partial charge in [0.15, 0.2) is 5.96 Å². The highest BCUT2D eigenvalue weighted by atomic mass is 15.3. The molecule has 0 radical (unpaired) electrons. The van der Waals surface area contributed by atoms with Crippen LogP contribution < -0.4 is 5.32 Å². The van der Waals surface area contributed by atoms with E-state index >= 15 is 0 Å². The lowest BCUT2D eigenvalue weighted by Gasteiger charge is -2.21. The minimum absolute atomic E-state index is 0.554. The summed E-state index contributed by atoms with van der Waals surface area (Å²) in [5.41, 5.74) is 0. The van der Waals surface area contributed by atoms with E-state index in [0.717, 1.165) is 30.9 Å². The maximum atomic E-state index is 5.24. The first-order chi connectivity index (χ1) is 7.67. The highest BCUT2D eigenvalue weighted by Gasteiger charge is 2.24. The van der Waals surface area contributed by atoms with E-state index in [4.69, 9.17) is 6.42 Å². The largest absolute Gasteiger partial charge is 0.345 e. The molecule has 0 aromatic rings. The third-order valence-electron chi connectivity index (χ3n) is 2.95. The predicted molar refractivity (Wildman–Crippen MR) is 69.3 cm³/mol. The van der Waals surface area contributed by atoms with E-state index in [9.17, 15) is 0 Å². The summed E-state index contributed by atoms with van der Waals surface area (Å²) in [7, 11) is 1.81. The molecule has 16 heavy (non-hydrogen) atoms. The van der Waals surface area contributed by atoms with Crippen LogP contribution in [0.3, 0.4) is 0 Å². The average molecular weight is 221 g/mol. The summed E-state index contributed by atoms with van der Waals surface area (Å²) in [6, 6.07) is 0. The first kappa shape index (κ1) is 12.9. The Morgan fingerprint density at radius 1 is 1.62 bits per heavy atom. The monoisotopic (exact) mass is 221 g/mol. The molecule has 3 nitrogen and oxygen atoms in total. The maximum Gasteiger partial charge on any atom is 0.194 e. The van der Waals surface area contributed by atoms with E-state index in [1.165, 1.54) is 12.8 Å². The van der Waals surface area contributed by atoms with Crippen molar-refractivity contribution in [2.45, 2.75) is 26.7 Å². The second-order valence-electron chi connectivity index (χ2n) is 4.84. The van der Waals surface area contributed by atoms with Gasteiger partial charge in [0.25, 0.3) is 0 Å². The molecule has 1 fully saturated rings. The number of nitrogens with one attached hydrogen (secondary N) is 1. The summed E-state index contributed by atoms with van der Waals surface area (Å²) in [6.45, 7) is 7.34. The standard InChI is InChI=1S/C13H23N3/c1-5-7-15-13(14-4)16-8-6-12(10-16)9-11(2)3/h1,11-12H,6-10H2,2-4H3,(H,14,15). The Bertz CT molecular complexity index is 275. The van der Waals surface area contributed by atoms with Gasteiger partial charge >= 0.3 is 0 Å². The molecule has 1 unspecified atom stereocenters. The van der Waals surface area contributed by atoms with Crippen LogP contribution in [0, 0.1) is 24.2 Å². The fourth-order valence-corrected chi connectivity index (χ4v) is 2.35. The number of hydrogen-bond acceptors (Lipinski definition) is 1. The summed E-state index contributed by atoms with van der Waals surface area (Å²) in [6.07, 6.45) is 7.82. The van der Waals surface area contributed by atoms with Crippen LogP contribution in [0.5, 0.6) is 0 Å². The molecule has 1 saturated heterocycles. The van der Waals surface area contributed by atoms with E-state index in [2.05, 4.69) is 35.0 Å². The van der Waals surface area contributed by atoms with Gasteiger partial charge in [-0.15, -0.1) is 6.42 Å². The number of likely N-dealkylation sites (tertiary alicyclic amines) is 1. The zero-order chi connectivity index (χ0) is 12.0. The lowest BCUT2D eigenvalue weighted by atomic mass is 9.97. The number of aliphatic imine (C=N–C) groups is 1. The van der Waals surface area contributed by atoms with E-state index in [1.54, 1.807) is 0 Å². The SMILES string of the molecule is C#CCNC(=NC)N1CCC(CC(C)C)C1. The molecule has 1 heterocycles. The summed E-state index contributed by atoms with van der Waals surface area (Å²) in [4.78, 5) is 6.57. The molecular weight excluding hydrogens is 198 g/mol. The summed E-state index contributed by atoms with van der Waals surface area (Å²) in [5, 5.41) is 3.17. The first-order valence-electron chi connectivity index (χ1n) is 6.06. The van der Waals surface area contributed by atoms with Gasteiger partial charge in [0, 0.05) is 20.1 Å². The van der Waals surface area contributed by atoms with Crippen LogP contribution in [0.25, 0.3) is 0 Å². The molecule has 3 heteroatoms. The fourth-order valence-electron chi connectivity index (χ4n) is 2.35. The number of rotatable bonds is 3. The van der Waals surface area contributed by atoms with Crippen LogP contribution in [0.2, 0.25) is 0 Å². The van der Waals surface area contributed by atoms with Crippen molar-refractivity contribution in [1.82, 2.24) is 10.2 Å². The van der Waals surface area contributed by atoms with Crippen LogP contribution in [0.1, 0.15) is 26.7 Å². The summed E-state index contributed by atoms with van der Waals surface area (Å²) < 4.78 is 0. The molecule has 1 aliphatic rings. The molecule has 0 aliphatic carbocycles. The zero-order valence-corrected chi connectivity index (χ0v) is 10.7. The minimum atomic E-state index is 0.554. The number of terminal acetylenes is 1. The van der Waals surface area contributed by atoms with Crippen molar-refractivity contribution in [3.63, 3.8) is 0 Å². The Labute approximate surface area is 99.3 Å². The Morgan fingerprint density at radius 2 is 2.38 bits per heavy atom. The van der Waals surface area contributed by atoms with Crippen LogP contribution >= 0.6 is 0 Å². The second-order valence-corrected chi connectivity index (χ2v) is 4.84. The van der Waals surface area contributed by atoms with Gasteiger partial charge in [0.1, 0.15) is 0 Å². The highest BCUT2D eigenvalue weighted by Crippen LogP contribution is 2.22. The van der Waals surface area contributed by atoms with Crippen molar-refractivity contribution in [2.75, 3.05) is 26.7 Å². The van der Waals surface area contributed by atoms with Crippen molar-refractivity contribution in [3.05, 3.63) is 0 Å². The van der Waals surface area contributed by atoms with Gasteiger partial charge in [0.2, 0.25) is 0 Å². The van der Waals surface area contributed by atoms with Gasteiger partial charge in [-0.05, 0) is 24.7 Å². The molecule has 0 aromatic carbocycles. The van der Waals surface area contributed by atoms with E-state index < -0.39 is 0 Å². The van der Waals surface area contributed by atoms with Crippen LogP contribution in [0.15, 0.2) is 4.99 Å². The molecule has 0 spiro atoms. The Kier molecular flexibility index (Phi) is 5.18. The van der Waals surface area contributed by atoms with Crippen molar-refractivity contribution < 1.29 is 0 Å². The quantitative estimate of drug-likeness (QED) is 0.445. The van der Waals surface area contributed by atoms with Crippen molar-refractivity contribution in [3.8, 4) is 12.3 Å². The molecule has 0 aromatic heterocycles. The van der Waals surface area contributed by atoms with Crippen LogP contribution in [-0.2, 0) is 0 Å². The Balaban J connectivity index is 2.42. The Hall–Kier alpha value is -1.17. The zero-order valence-electron chi connectivity index (χ0n) is 10.7. The van der Waals surface area contributed by atoms with Gasteiger partial charge in [-0.1, -0.05) is 19.8 Å². The summed E-state index contributed by atoms with van der Waals surface area (Å²) in [5.74, 6) is 5.12. The highest BCUT2D eigenvalue weighted by molar-refractivity contribution is 5.80. The van der Waals surface area contributed by atoms with Gasteiger partial charge in [-0.25, -0.2) is 0 Å². The molecule has 1 N–H and O–H groups in total. The minimum Gasteiger partial charge on any atom is -0.345 e. The van der Waals surface area contributed by atoms with Crippen LogP contribution in [-0.4, -0.2) is 37.5 Å². The average Bonchev–Trinajstić information content (AvgIpc) is 2.67. The van der Waals surface area contributed by atoms with Crippen LogP contribution in [0.4, 0.5) is 0 Å². The molecule has 0 bridgehead atoms. The van der Waals surface area contributed by atoms with Gasteiger partial charge in [-0.2, -0.15) is 0 Å². The number of nitrogens with zero attached hydrogens (tertiary/aromatic N) is 2. The molecular formula is C13H23N3. The van der Waals surface area contributed by atoms with E-state index in [0.29, 0.717) is 6.54 Å². The lowest BCUT2D eigenvalue weighted by Crippen LogP contribution is -2.40.